The highest BCUT2D eigenvalue weighted by Crippen LogP contribution is 2.58. The Morgan fingerprint density at radius 3 is 2.62 bits per heavy atom. The van der Waals surface area contributed by atoms with Crippen LogP contribution in [-0.2, 0) is 22.0 Å². The van der Waals surface area contributed by atoms with Crippen molar-refractivity contribution < 1.29 is 4.79 Å². The van der Waals surface area contributed by atoms with Gasteiger partial charge in [-0.15, -0.1) is 0 Å². The zero-order valence-corrected chi connectivity index (χ0v) is 13.3. The number of ketones is 1. The molecule has 0 N–H and O–H groups in total. The lowest BCUT2D eigenvalue weighted by atomic mass is 9.58. The molecule has 0 radical (unpaired) electrons. The Bertz CT molecular complexity index is 659. The van der Waals surface area contributed by atoms with E-state index in [1.807, 2.05) is 0 Å². The number of hydrogen-bond donors (Lipinski definition) is 0. The second kappa shape index (κ2) is 4.09. The first-order valence-corrected chi connectivity index (χ1v) is 8.27. The van der Waals surface area contributed by atoms with Crippen LogP contribution >= 0.6 is 0 Å². The molecule has 21 heavy (non-hydrogen) atoms. The number of allylic oxidation sites excluding steroid dienone is 2. The van der Waals surface area contributed by atoms with E-state index in [2.05, 4.69) is 45.0 Å². The van der Waals surface area contributed by atoms with Crippen molar-refractivity contribution in [3.63, 3.8) is 0 Å². The summed E-state index contributed by atoms with van der Waals surface area (Å²) in [6.07, 6.45) is 7.33. The van der Waals surface area contributed by atoms with Gasteiger partial charge >= 0.3 is 0 Å². The molecule has 0 aromatic heterocycles. The minimum atomic E-state index is -0.179. The number of Topliss-reactive ketones (excluding diaryl/α,β-unsaturated/α-hetero) is 1. The van der Waals surface area contributed by atoms with Gasteiger partial charge in [-0.2, -0.15) is 0 Å². The van der Waals surface area contributed by atoms with E-state index >= 15 is 0 Å². The molecule has 3 aliphatic carbocycles. The summed E-state index contributed by atoms with van der Waals surface area (Å²) < 4.78 is 0. The van der Waals surface area contributed by atoms with Crippen LogP contribution in [0, 0.1) is 5.92 Å². The zero-order valence-electron chi connectivity index (χ0n) is 13.3. The molecule has 1 nitrogen and oxygen atoms in total. The van der Waals surface area contributed by atoms with Crippen molar-refractivity contribution in [2.24, 2.45) is 5.92 Å². The molecule has 2 atom stereocenters. The summed E-state index contributed by atoms with van der Waals surface area (Å²) in [6.45, 7) is 6.84. The fourth-order valence-electron chi connectivity index (χ4n) is 5.00. The van der Waals surface area contributed by atoms with Gasteiger partial charge in [-0.3, -0.25) is 4.79 Å². The van der Waals surface area contributed by atoms with Crippen LogP contribution in [0.25, 0.3) is 0 Å². The maximum Gasteiger partial charge on any atom is 0.144 e. The molecule has 3 aliphatic rings. The summed E-state index contributed by atoms with van der Waals surface area (Å²) in [5.41, 5.74) is 5.72. The van der Waals surface area contributed by atoms with E-state index in [0.29, 0.717) is 11.7 Å². The van der Waals surface area contributed by atoms with E-state index in [-0.39, 0.29) is 10.8 Å². The number of fused-ring (bicyclic) bond motifs is 5. The lowest BCUT2D eigenvalue weighted by Crippen LogP contribution is -2.45. The molecule has 1 saturated carbocycles. The summed E-state index contributed by atoms with van der Waals surface area (Å²) >= 11 is 0. The van der Waals surface area contributed by atoms with E-state index in [4.69, 9.17) is 0 Å². The van der Waals surface area contributed by atoms with Crippen molar-refractivity contribution in [2.45, 2.75) is 63.7 Å². The van der Waals surface area contributed by atoms with Crippen LogP contribution < -0.4 is 0 Å². The molecule has 0 saturated heterocycles. The predicted octanol–water partition coefficient (Wildman–Crippen LogP) is 4.48. The van der Waals surface area contributed by atoms with Crippen LogP contribution in [-0.4, -0.2) is 5.78 Å². The Morgan fingerprint density at radius 2 is 2.00 bits per heavy atom. The number of rotatable bonds is 0. The monoisotopic (exact) mass is 280 g/mol. The quantitative estimate of drug-likeness (QED) is 0.640. The highest BCUT2D eigenvalue weighted by Gasteiger charge is 2.56. The van der Waals surface area contributed by atoms with E-state index in [1.165, 1.54) is 22.3 Å². The number of carbonyl (C=O) groups excluding carboxylic acids is 1. The van der Waals surface area contributed by atoms with Gasteiger partial charge in [0.05, 0.1) is 5.41 Å². The van der Waals surface area contributed by atoms with Gasteiger partial charge in [-0.05, 0) is 53.7 Å². The van der Waals surface area contributed by atoms with E-state index in [1.54, 1.807) is 0 Å². The maximum atomic E-state index is 13.0. The van der Waals surface area contributed by atoms with Crippen molar-refractivity contribution in [1.82, 2.24) is 0 Å². The van der Waals surface area contributed by atoms with Crippen LogP contribution in [0.1, 0.15) is 63.1 Å². The molecule has 0 heterocycles. The van der Waals surface area contributed by atoms with Gasteiger partial charge in [0.15, 0.2) is 0 Å². The second-order valence-electron chi connectivity index (χ2n) is 8.16. The molecular weight excluding hydrogens is 256 g/mol. The third-order valence-electron chi connectivity index (χ3n) is 5.93. The average molecular weight is 280 g/mol. The summed E-state index contributed by atoms with van der Waals surface area (Å²) in [6, 6.07) is 6.72. The average Bonchev–Trinajstić information content (AvgIpc) is 3.03. The molecule has 1 heteroatoms. The van der Waals surface area contributed by atoms with Crippen molar-refractivity contribution >= 4 is 5.78 Å². The summed E-state index contributed by atoms with van der Waals surface area (Å²) in [5.74, 6) is 1.04. The van der Waals surface area contributed by atoms with Gasteiger partial charge in [-0.1, -0.05) is 50.6 Å². The SMILES string of the molecule is CC(C)(C)c1cccc2c1C1(CC3=CCC1C3)C(=O)CC2. The maximum absolute atomic E-state index is 13.0. The standard InChI is InChI=1S/C20H24O/c1-19(2,3)16-6-4-5-14-8-10-17(21)20(18(14)16)12-13-7-9-15(20)11-13/h4-7,15H,8-12H2,1-3H3. The van der Waals surface area contributed by atoms with Crippen LogP contribution in [0.4, 0.5) is 0 Å². The van der Waals surface area contributed by atoms with Gasteiger partial charge in [0.1, 0.15) is 5.78 Å². The second-order valence-corrected chi connectivity index (χ2v) is 8.16. The van der Waals surface area contributed by atoms with Gasteiger partial charge < -0.3 is 0 Å². The number of carbonyl (C=O) groups is 1. The molecular formula is C20H24O. The van der Waals surface area contributed by atoms with Crippen LogP contribution in [0.15, 0.2) is 29.8 Å². The Balaban J connectivity index is 2.01. The first-order chi connectivity index (χ1) is 9.93. The van der Waals surface area contributed by atoms with Gasteiger partial charge in [0, 0.05) is 6.42 Å². The van der Waals surface area contributed by atoms with E-state index in [0.717, 1.165) is 32.1 Å². The number of hydrogen-bond acceptors (Lipinski definition) is 1. The van der Waals surface area contributed by atoms with Crippen LogP contribution in [0.5, 0.6) is 0 Å². The zero-order chi connectivity index (χ0) is 14.8. The number of benzene rings is 1. The van der Waals surface area contributed by atoms with Crippen molar-refractivity contribution in [3.8, 4) is 0 Å². The van der Waals surface area contributed by atoms with Gasteiger partial charge in [0.2, 0.25) is 0 Å². The third-order valence-corrected chi connectivity index (χ3v) is 5.93. The van der Waals surface area contributed by atoms with Crippen LogP contribution in [0.2, 0.25) is 0 Å². The lowest BCUT2D eigenvalue weighted by Gasteiger charge is -2.43. The summed E-state index contributed by atoms with van der Waals surface area (Å²) in [4.78, 5) is 13.0. The Hall–Kier alpha value is -1.37. The van der Waals surface area contributed by atoms with Gasteiger partial charge in [0.25, 0.3) is 0 Å². The molecule has 110 valence electrons. The highest BCUT2D eigenvalue weighted by molar-refractivity contribution is 5.94. The molecule has 1 spiro atoms. The Kier molecular flexibility index (Phi) is 2.59. The van der Waals surface area contributed by atoms with Crippen molar-refractivity contribution in [3.05, 3.63) is 46.5 Å². The fraction of sp³-hybridized carbons (Fsp3) is 0.550. The molecule has 2 unspecified atom stereocenters. The first kappa shape index (κ1) is 13.3. The van der Waals surface area contributed by atoms with Crippen molar-refractivity contribution in [1.29, 1.82) is 0 Å². The van der Waals surface area contributed by atoms with Gasteiger partial charge in [-0.25, -0.2) is 0 Å². The highest BCUT2D eigenvalue weighted by atomic mass is 16.1. The Morgan fingerprint density at radius 1 is 1.19 bits per heavy atom. The number of aryl methyl sites for hydroxylation is 1. The third kappa shape index (κ3) is 1.66. The molecule has 0 aliphatic heterocycles. The molecule has 2 bridgehead atoms. The smallest absolute Gasteiger partial charge is 0.144 e. The lowest BCUT2D eigenvalue weighted by molar-refractivity contribution is -0.126. The molecule has 1 aromatic rings. The minimum absolute atomic E-state index is 0.103. The topological polar surface area (TPSA) is 17.1 Å². The van der Waals surface area contributed by atoms with Crippen LogP contribution in [0.3, 0.4) is 0 Å². The molecule has 1 fully saturated rings. The molecule has 4 rings (SSSR count). The fourth-order valence-corrected chi connectivity index (χ4v) is 5.00. The van der Waals surface area contributed by atoms with E-state index in [9.17, 15) is 4.79 Å². The van der Waals surface area contributed by atoms with Crippen molar-refractivity contribution in [2.75, 3.05) is 0 Å². The normalized spacial score (nSPS) is 30.7. The minimum Gasteiger partial charge on any atom is -0.299 e. The molecule has 0 amide bonds. The first-order valence-electron chi connectivity index (χ1n) is 8.27. The summed E-state index contributed by atoms with van der Waals surface area (Å²) in [5, 5.41) is 0. The van der Waals surface area contributed by atoms with E-state index < -0.39 is 0 Å². The Labute approximate surface area is 127 Å². The predicted molar refractivity (Wildman–Crippen MR) is 85.6 cm³/mol. The molecule has 1 aromatic carbocycles. The largest absolute Gasteiger partial charge is 0.299 e. The summed E-state index contributed by atoms with van der Waals surface area (Å²) in [7, 11) is 0.